The van der Waals surface area contributed by atoms with Crippen LogP contribution in [0.2, 0.25) is 0 Å². The van der Waals surface area contributed by atoms with Crippen molar-refractivity contribution in [3.05, 3.63) is 17.5 Å². The summed E-state index contributed by atoms with van der Waals surface area (Å²) in [6.45, 7) is 6.18. The van der Waals surface area contributed by atoms with Crippen molar-refractivity contribution in [2.24, 2.45) is 0 Å². The molecular weight excluding hydrogens is 220 g/mol. The fraction of sp³-hybridized carbons (Fsp3) is 0.667. The Balaban J connectivity index is 2.01. The Bertz CT molecular complexity index is 394. The van der Waals surface area contributed by atoms with E-state index in [4.69, 9.17) is 9.47 Å². The van der Waals surface area contributed by atoms with Gasteiger partial charge in [0.25, 0.3) is 0 Å². The molecular formula is C12H18N2O3. The summed E-state index contributed by atoms with van der Waals surface area (Å²) in [5.74, 6) is 0.0688. The van der Waals surface area contributed by atoms with Crippen LogP contribution >= 0.6 is 0 Å². The molecule has 2 heterocycles. The maximum Gasteiger partial charge on any atom is 0.169 e. The molecule has 0 aliphatic carbocycles. The number of hydrogen-bond donors (Lipinski definition) is 0. The van der Waals surface area contributed by atoms with Crippen molar-refractivity contribution in [3.8, 4) is 0 Å². The number of ketones is 1. The number of carbonyl (C=O) groups is 1. The Kier molecular flexibility index (Phi) is 3.91. The van der Waals surface area contributed by atoms with Crippen molar-refractivity contribution in [2.45, 2.75) is 32.9 Å². The molecule has 1 atom stereocenters. The van der Waals surface area contributed by atoms with Crippen LogP contribution in [0.15, 0.2) is 6.07 Å². The highest BCUT2D eigenvalue weighted by Crippen LogP contribution is 2.09. The average molecular weight is 238 g/mol. The second kappa shape index (κ2) is 5.42. The van der Waals surface area contributed by atoms with E-state index in [9.17, 15) is 4.79 Å². The minimum absolute atomic E-state index is 0.0688. The Labute approximate surface area is 101 Å². The van der Waals surface area contributed by atoms with E-state index in [-0.39, 0.29) is 5.78 Å². The summed E-state index contributed by atoms with van der Waals surface area (Å²) in [6.07, 6.45) is -0.0489. The lowest BCUT2D eigenvalue weighted by Gasteiger charge is -2.21. The number of rotatable bonds is 4. The van der Waals surface area contributed by atoms with E-state index in [1.807, 2.05) is 24.6 Å². The number of nitrogens with zero attached hydrogens (tertiary/aromatic N) is 2. The molecule has 5 heteroatoms. The summed E-state index contributed by atoms with van der Waals surface area (Å²) in [7, 11) is 0. The van der Waals surface area contributed by atoms with Crippen LogP contribution in [-0.2, 0) is 27.2 Å². The summed E-state index contributed by atoms with van der Waals surface area (Å²) < 4.78 is 12.5. The third-order valence-electron chi connectivity index (χ3n) is 2.82. The summed E-state index contributed by atoms with van der Waals surface area (Å²) in [5.41, 5.74) is 1.89. The molecule has 0 spiro atoms. The normalized spacial score (nSPS) is 20.5. The highest BCUT2D eigenvalue weighted by atomic mass is 16.6. The lowest BCUT2D eigenvalue weighted by Crippen LogP contribution is -2.36. The first-order valence-electron chi connectivity index (χ1n) is 5.96. The van der Waals surface area contributed by atoms with E-state index in [0.29, 0.717) is 26.2 Å². The second-order valence-electron chi connectivity index (χ2n) is 4.17. The van der Waals surface area contributed by atoms with Crippen LogP contribution in [0, 0.1) is 6.92 Å². The van der Waals surface area contributed by atoms with Gasteiger partial charge < -0.3 is 9.47 Å². The van der Waals surface area contributed by atoms with Crippen LogP contribution in [0.25, 0.3) is 0 Å². The number of hydrogen-bond acceptors (Lipinski definition) is 4. The molecule has 1 aromatic rings. The van der Waals surface area contributed by atoms with Crippen LogP contribution in [-0.4, -0.2) is 41.5 Å². The van der Waals surface area contributed by atoms with Gasteiger partial charge >= 0.3 is 0 Å². The summed E-state index contributed by atoms with van der Waals surface area (Å²) in [5, 5.41) is 4.32. The average Bonchev–Trinajstić information content (AvgIpc) is 2.70. The first-order chi connectivity index (χ1) is 8.20. The third-order valence-corrected chi connectivity index (χ3v) is 2.82. The third kappa shape index (κ3) is 2.92. The zero-order chi connectivity index (χ0) is 12.3. The van der Waals surface area contributed by atoms with Crippen molar-refractivity contribution in [1.29, 1.82) is 0 Å². The molecule has 1 aromatic heterocycles. The Morgan fingerprint density at radius 3 is 3.06 bits per heavy atom. The molecule has 0 saturated carbocycles. The Hall–Kier alpha value is -1.20. The monoisotopic (exact) mass is 238 g/mol. The zero-order valence-corrected chi connectivity index (χ0v) is 10.3. The molecule has 0 bridgehead atoms. The maximum atomic E-state index is 12.0. The molecule has 1 aliphatic heterocycles. The van der Waals surface area contributed by atoms with Crippen LogP contribution in [0.1, 0.15) is 18.3 Å². The van der Waals surface area contributed by atoms with Gasteiger partial charge in [0.1, 0.15) is 6.10 Å². The van der Waals surface area contributed by atoms with Gasteiger partial charge in [0.2, 0.25) is 0 Å². The molecule has 1 aliphatic rings. The fourth-order valence-corrected chi connectivity index (χ4v) is 1.98. The molecule has 0 N–H and O–H groups in total. The van der Waals surface area contributed by atoms with Crippen molar-refractivity contribution >= 4 is 5.78 Å². The van der Waals surface area contributed by atoms with Crippen molar-refractivity contribution in [3.63, 3.8) is 0 Å². The van der Waals surface area contributed by atoms with E-state index < -0.39 is 6.10 Å². The number of ether oxygens (including phenoxy) is 2. The number of Topliss-reactive ketones (excluding diaryl/α,β-unsaturated/α-hetero) is 1. The molecule has 94 valence electrons. The van der Waals surface area contributed by atoms with E-state index in [2.05, 4.69) is 5.10 Å². The highest BCUT2D eigenvalue weighted by molar-refractivity contribution is 5.85. The van der Waals surface area contributed by atoms with E-state index in [1.54, 1.807) is 0 Å². The fourth-order valence-electron chi connectivity index (χ4n) is 1.98. The van der Waals surface area contributed by atoms with Crippen LogP contribution in [0.5, 0.6) is 0 Å². The lowest BCUT2D eigenvalue weighted by atomic mass is 10.1. The van der Waals surface area contributed by atoms with Gasteiger partial charge in [-0.25, -0.2) is 0 Å². The smallest absolute Gasteiger partial charge is 0.169 e. The summed E-state index contributed by atoms with van der Waals surface area (Å²) in [6, 6.07) is 1.95. The number of aromatic nitrogens is 2. The first-order valence-corrected chi connectivity index (χ1v) is 5.96. The topological polar surface area (TPSA) is 53.4 Å². The van der Waals surface area contributed by atoms with Gasteiger partial charge in [0, 0.05) is 12.2 Å². The molecule has 1 unspecified atom stereocenters. The van der Waals surface area contributed by atoms with Crippen LogP contribution in [0.3, 0.4) is 0 Å². The van der Waals surface area contributed by atoms with Gasteiger partial charge in [-0.2, -0.15) is 5.10 Å². The van der Waals surface area contributed by atoms with Gasteiger partial charge in [-0.15, -0.1) is 0 Å². The number of aryl methyl sites for hydroxylation is 2. The van der Waals surface area contributed by atoms with E-state index in [0.717, 1.165) is 17.9 Å². The molecule has 0 radical (unpaired) electrons. The molecule has 5 nitrogen and oxygen atoms in total. The maximum absolute atomic E-state index is 12.0. The van der Waals surface area contributed by atoms with E-state index >= 15 is 0 Å². The second-order valence-corrected chi connectivity index (χ2v) is 4.17. The van der Waals surface area contributed by atoms with Crippen molar-refractivity contribution < 1.29 is 14.3 Å². The van der Waals surface area contributed by atoms with Gasteiger partial charge in [-0.05, 0) is 19.9 Å². The largest absolute Gasteiger partial charge is 0.376 e. The van der Waals surface area contributed by atoms with Gasteiger partial charge in [0.15, 0.2) is 5.78 Å². The molecule has 0 amide bonds. The zero-order valence-electron chi connectivity index (χ0n) is 10.3. The highest BCUT2D eigenvalue weighted by Gasteiger charge is 2.23. The molecule has 2 rings (SSSR count). The number of carbonyl (C=O) groups excluding carboxylic acids is 1. The van der Waals surface area contributed by atoms with Gasteiger partial charge in [0.05, 0.1) is 31.9 Å². The summed E-state index contributed by atoms with van der Waals surface area (Å²) >= 11 is 0. The predicted octanol–water partition coefficient (Wildman–Crippen LogP) is 0.738. The minimum atomic E-state index is -0.413. The Morgan fingerprint density at radius 2 is 2.41 bits per heavy atom. The van der Waals surface area contributed by atoms with E-state index in [1.165, 1.54) is 0 Å². The standard InChI is InChI=1S/C12H18N2O3/c1-3-14-10(6-9(2)13-14)7-11(15)12-8-16-4-5-17-12/h6,12H,3-5,7-8H2,1-2H3. The lowest BCUT2D eigenvalue weighted by molar-refractivity contribution is -0.144. The van der Waals surface area contributed by atoms with Crippen molar-refractivity contribution in [1.82, 2.24) is 9.78 Å². The van der Waals surface area contributed by atoms with Gasteiger partial charge in [-0.1, -0.05) is 0 Å². The van der Waals surface area contributed by atoms with Crippen molar-refractivity contribution in [2.75, 3.05) is 19.8 Å². The summed E-state index contributed by atoms with van der Waals surface area (Å²) in [4.78, 5) is 12.0. The molecule has 0 aromatic carbocycles. The first kappa shape index (κ1) is 12.3. The SMILES string of the molecule is CCn1nc(C)cc1CC(=O)C1COCCO1. The Morgan fingerprint density at radius 1 is 1.59 bits per heavy atom. The minimum Gasteiger partial charge on any atom is -0.376 e. The van der Waals surface area contributed by atoms with Crippen LogP contribution in [0.4, 0.5) is 0 Å². The van der Waals surface area contributed by atoms with Crippen LogP contribution < -0.4 is 0 Å². The van der Waals surface area contributed by atoms with Gasteiger partial charge in [-0.3, -0.25) is 9.48 Å². The molecule has 1 saturated heterocycles. The predicted molar refractivity (Wildman–Crippen MR) is 61.9 cm³/mol. The quantitative estimate of drug-likeness (QED) is 0.776. The molecule has 17 heavy (non-hydrogen) atoms. The molecule has 1 fully saturated rings.